The normalized spacial score (nSPS) is 12.5. The molecule has 36 heavy (non-hydrogen) atoms. The lowest BCUT2D eigenvalue weighted by atomic mass is 10.1. The van der Waals surface area contributed by atoms with Crippen molar-refractivity contribution < 1.29 is 22.7 Å². The first-order valence-electron chi connectivity index (χ1n) is 12.0. The molecule has 2 amide bonds. The molecule has 1 N–H and O–H groups in total. The summed E-state index contributed by atoms with van der Waals surface area (Å²) < 4.78 is 31.6. The Morgan fingerprint density at radius 2 is 1.67 bits per heavy atom. The van der Waals surface area contributed by atoms with Gasteiger partial charge in [0, 0.05) is 25.0 Å². The number of anilines is 1. The highest BCUT2D eigenvalue weighted by Gasteiger charge is 2.29. The molecule has 2 aromatic rings. The van der Waals surface area contributed by atoms with Crippen LogP contribution >= 0.6 is 0 Å². The summed E-state index contributed by atoms with van der Waals surface area (Å²) in [6, 6.07) is 14.0. The lowest BCUT2D eigenvalue weighted by Gasteiger charge is -2.32. The minimum Gasteiger partial charge on any atom is -0.495 e. The van der Waals surface area contributed by atoms with Crippen molar-refractivity contribution in [3.05, 3.63) is 59.7 Å². The van der Waals surface area contributed by atoms with Crippen LogP contribution in [0.3, 0.4) is 0 Å². The predicted octanol–water partition coefficient (Wildman–Crippen LogP) is 3.88. The van der Waals surface area contributed by atoms with Crippen molar-refractivity contribution in [3.63, 3.8) is 0 Å². The first-order chi connectivity index (χ1) is 16.7. The molecule has 0 heterocycles. The van der Waals surface area contributed by atoms with Crippen molar-refractivity contribution in [2.75, 3.05) is 24.2 Å². The molecule has 1 atom stereocenters. The third-order valence-corrected chi connectivity index (χ3v) is 6.82. The van der Waals surface area contributed by atoms with Gasteiger partial charge in [0.1, 0.15) is 11.8 Å². The van der Waals surface area contributed by atoms with E-state index in [0.29, 0.717) is 11.4 Å². The number of para-hydroxylation sites is 2. The van der Waals surface area contributed by atoms with Crippen molar-refractivity contribution >= 4 is 27.5 Å². The Morgan fingerprint density at radius 1 is 1.06 bits per heavy atom. The van der Waals surface area contributed by atoms with Crippen molar-refractivity contribution in [3.8, 4) is 5.75 Å². The van der Waals surface area contributed by atoms with Crippen LogP contribution in [0.1, 0.15) is 51.7 Å². The van der Waals surface area contributed by atoms with Crippen LogP contribution in [0.15, 0.2) is 48.5 Å². The fourth-order valence-electron chi connectivity index (χ4n) is 3.77. The van der Waals surface area contributed by atoms with Gasteiger partial charge in [0.15, 0.2) is 0 Å². The minimum absolute atomic E-state index is 0.0835. The van der Waals surface area contributed by atoms with Crippen molar-refractivity contribution in [2.45, 2.75) is 65.6 Å². The minimum atomic E-state index is -3.61. The zero-order valence-corrected chi connectivity index (χ0v) is 23.2. The molecule has 0 saturated heterocycles. The molecule has 0 radical (unpaired) electrons. The fourth-order valence-corrected chi connectivity index (χ4v) is 4.73. The third-order valence-electron chi connectivity index (χ3n) is 5.65. The lowest BCUT2D eigenvalue weighted by molar-refractivity contribution is -0.141. The molecule has 0 spiro atoms. The maximum Gasteiger partial charge on any atom is 0.242 e. The van der Waals surface area contributed by atoms with Gasteiger partial charge in [-0.15, -0.1) is 0 Å². The topological polar surface area (TPSA) is 96.0 Å². The average Bonchev–Trinajstić information content (AvgIpc) is 2.79. The standard InChI is InChI=1S/C27H39N3O5S/c1-20-14-16-22(17-15-20)19-29(21(2)26(32)28-27(3,4)5)25(31)13-10-18-30(36(7,33)34)23-11-8-9-12-24(23)35-6/h8-9,11-12,14-17,21H,10,13,18-19H2,1-7H3,(H,28,32)/t21-/m1/s1. The number of methoxy groups -OCH3 is 1. The molecule has 0 aliphatic heterocycles. The number of carbonyl (C=O) groups excluding carboxylic acids is 2. The number of nitrogens with zero attached hydrogens (tertiary/aromatic N) is 2. The largest absolute Gasteiger partial charge is 0.495 e. The Balaban J connectivity index is 2.21. The molecule has 0 bridgehead atoms. The Morgan fingerprint density at radius 3 is 2.22 bits per heavy atom. The molecule has 0 aromatic heterocycles. The van der Waals surface area contributed by atoms with Crippen LogP contribution in [0.2, 0.25) is 0 Å². The molecule has 0 fully saturated rings. The van der Waals surface area contributed by atoms with Crippen LogP contribution in [0.25, 0.3) is 0 Å². The number of rotatable bonds is 11. The lowest BCUT2D eigenvalue weighted by Crippen LogP contribution is -2.52. The second kappa shape index (κ2) is 12.3. The summed E-state index contributed by atoms with van der Waals surface area (Å²) in [5, 5.41) is 2.94. The number of benzene rings is 2. The van der Waals surface area contributed by atoms with Gasteiger partial charge < -0.3 is 15.0 Å². The summed E-state index contributed by atoms with van der Waals surface area (Å²) in [5.74, 6) is -0.0296. The number of hydrogen-bond acceptors (Lipinski definition) is 5. The van der Waals surface area contributed by atoms with Gasteiger partial charge in [0.25, 0.3) is 0 Å². The molecule has 0 aliphatic carbocycles. The van der Waals surface area contributed by atoms with Crippen molar-refractivity contribution in [1.82, 2.24) is 10.2 Å². The van der Waals surface area contributed by atoms with Crippen molar-refractivity contribution in [1.29, 1.82) is 0 Å². The zero-order valence-electron chi connectivity index (χ0n) is 22.4. The van der Waals surface area contributed by atoms with Crippen LogP contribution in [-0.2, 0) is 26.2 Å². The van der Waals surface area contributed by atoms with Crippen LogP contribution in [-0.4, -0.2) is 56.6 Å². The van der Waals surface area contributed by atoms with Gasteiger partial charge in [-0.05, 0) is 58.7 Å². The van der Waals surface area contributed by atoms with Gasteiger partial charge in [-0.25, -0.2) is 8.42 Å². The van der Waals surface area contributed by atoms with E-state index in [1.165, 1.54) is 11.4 Å². The Labute approximate surface area is 215 Å². The molecule has 0 aliphatic rings. The smallest absolute Gasteiger partial charge is 0.242 e. The highest BCUT2D eigenvalue weighted by Crippen LogP contribution is 2.29. The van der Waals surface area contributed by atoms with E-state index in [9.17, 15) is 18.0 Å². The quantitative estimate of drug-likeness (QED) is 0.488. The van der Waals surface area contributed by atoms with E-state index in [1.54, 1.807) is 36.1 Å². The van der Waals surface area contributed by atoms with Gasteiger partial charge in [-0.1, -0.05) is 42.0 Å². The zero-order chi connectivity index (χ0) is 27.1. The molecular formula is C27H39N3O5S. The SMILES string of the molecule is COc1ccccc1N(CCCC(=O)N(Cc1ccc(C)cc1)[C@H](C)C(=O)NC(C)(C)C)S(C)(=O)=O. The molecule has 0 unspecified atom stereocenters. The Bertz CT molecular complexity index is 1140. The first kappa shape index (κ1) is 29.2. The predicted molar refractivity (Wildman–Crippen MR) is 144 cm³/mol. The number of amides is 2. The van der Waals surface area contributed by atoms with E-state index in [-0.39, 0.29) is 37.7 Å². The number of carbonyl (C=O) groups is 2. The van der Waals surface area contributed by atoms with Crippen LogP contribution in [0.4, 0.5) is 5.69 Å². The average molecular weight is 518 g/mol. The first-order valence-corrected chi connectivity index (χ1v) is 13.9. The Kier molecular flexibility index (Phi) is 9.93. The molecule has 8 nitrogen and oxygen atoms in total. The summed E-state index contributed by atoms with van der Waals surface area (Å²) in [4.78, 5) is 27.8. The highest BCUT2D eigenvalue weighted by molar-refractivity contribution is 7.92. The number of sulfonamides is 1. The molecule has 2 aromatic carbocycles. The number of ether oxygens (including phenoxy) is 1. The number of hydrogen-bond donors (Lipinski definition) is 1. The number of nitrogens with one attached hydrogen (secondary N) is 1. The summed E-state index contributed by atoms with van der Waals surface area (Å²) in [7, 11) is -2.13. The van der Waals surface area contributed by atoms with Gasteiger partial charge in [0.2, 0.25) is 21.8 Å². The summed E-state index contributed by atoms with van der Waals surface area (Å²) in [6.07, 6.45) is 1.49. The van der Waals surface area contributed by atoms with E-state index in [4.69, 9.17) is 4.74 Å². The number of aryl methyl sites for hydroxylation is 1. The summed E-state index contributed by atoms with van der Waals surface area (Å²) in [5.41, 5.74) is 2.00. The maximum absolute atomic E-state index is 13.4. The molecule has 198 valence electrons. The molecule has 2 rings (SSSR count). The van der Waals surface area contributed by atoms with Gasteiger partial charge in [-0.3, -0.25) is 13.9 Å². The monoisotopic (exact) mass is 517 g/mol. The second-order valence-corrected chi connectivity index (χ2v) is 11.9. The second-order valence-electron chi connectivity index (χ2n) is 10.0. The van der Waals surface area contributed by atoms with Gasteiger partial charge >= 0.3 is 0 Å². The molecule has 0 saturated carbocycles. The van der Waals surface area contributed by atoms with E-state index >= 15 is 0 Å². The van der Waals surface area contributed by atoms with Crippen LogP contribution in [0, 0.1) is 6.92 Å². The van der Waals surface area contributed by atoms with E-state index in [2.05, 4.69) is 5.32 Å². The fraction of sp³-hybridized carbons (Fsp3) is 0.481. The summed E-state index contributed by atoms with van der Waals surface area (Å²) >= 11 is 0. The van der Waals surface area contributed by atoms with Crippen LogP contribution < -0.4 is 14.4 Å². The van der Waals surface area contributed by atoms with Gasteiger partial charge in [-0.2, -0.15) is 0 Å². The Hall–Kier alpha value is -3.07. The van der Waals surface area contributed by atoms with E-state index in [1.807, 2.05) is 52.0 Å². The summed E-state index contributed by atoms with van der Waals surface area (Å²) in [6.45, 7) is 9.75. The molecule has 9 heteroatoms. The van der Waals surface area contributed by atoms with Crippen LogP contribution in [0.5, 0.6) is 5.75 Å². The molecular weight excluding hydrogens is 478 g/mol. The van der Waals surface area contributed by atoms with Crippen molar-refractivity contribution in [2.24, 2.45) is 0 Å². The van der Waals surface area contributed by atoms with E-state index < -0.39 is 21.6 Å². The van der Waals surface area contributed by atoms with Gasteiger partial charge in [0.05, 0.1) is 19.1 Å². The highest BCUT2D eigenvalue weighted by atomic mass is 32.2. The maximum atomic E-state index is 13.4. The van der Waals surface area contributed by atoms with E-state index in [0.717, 1.165) is 17.4 Å². The third kappa shape index (κ3) is 8.55.